The van der Waals surface area contributed by atoms with Gasteiger partial charge in [-0.15, -0.1) is 0 Å². The molecule has 0 spiro atoms. The van der Waals surface area contributed by atoms with Gasteiger partial charge < -0.3 is 14.5 Å². The first kappa shape index (κ1) is 17.1. The van der Waals surface area contributed by atoms with Crippen LogP contribution in [0.1, 0.15) is 22.7 Å². The number of carbonyl (C=O) groups is 2. The van der Waals surface area contributed by atoms with Gasteiger partial charge in [-0.3, -0.25) is 0 Å². The van der Waals surface area contributed by atoms with Crippen molar-refractivity contribution in [3.63, 3.8) is 0 Å². The van der Waals surface area contributed by atoms with Crippen molar-refractivity contribution in [1.29, 1.82) is 0 Å². The summed E-state index contributed by atoms with van der Waals surface area (Å²) < 4.78 is 10.1. The molecule has 0 saturated carbocycles. The summed E-state index contributed by atoms with van der Waals surface area (Å²) in [5.74, 6) is -1.35. The van der Waals surface area contributed by atoms with Crippen molar-refractivity contribution in [2.24, 2.45) is 0 Å². The second-order valence-corrected chi connectivity index (χ2v) is 6.46. The summed E-state index contributed by atoms with van der Waals surface area (Å²) in [6.45, 7) is 0. The Balaban J connectivity index is 2.06. The molecule has 0 fully saturated rings. The third kappa shape index (κ3) is 2.72. The van der Waals surface area contributed by atoms with Gasteiger partial charge >= 0.3 is 11.9 Å². The fourth-order valence-corrected chi connectivity index (χ4v) is 3.89. The maximum atomic E-state index is 12.8. The number of fused-ring (bicyclic) bond motifs is 3. The number of ether oxygens (including phenoxy) is 2. The fourth-order valence-electron chi connectivity index (χ4n) is 3.89. The third-order valence-corrected chi connectivity index (χ3v) is 5.06. The molecule has 2 aromatic carbocycles. The molecule has 1 N–H and O–H groups in total. The van der Waals surface area contributed by atoms with Crippen LogP contribution in [0.2, 0.25) is 0 Å². The summed E-state index contributed by atoms with van der Waals surface area (Å²) in [7, 11) is 2.65. The predicted molar refractivity (Wildman–Crippen MR) is 102 cm³/mol. The minimum atomic E-state index is -0.540. The number of esters is 2. The normalized spacial score (nSPS) is 16.1. The van der Waals surface area contributed by atoms with Crippen LogP contribution < -0.4 is 0 Å². The van der Waals surface area contributed by atoms with Crippen molar-refractivity contribution < 1.29 is 19.1 Å². The molecular formula is C22H19NO4. The number of carbonyl (C=O) groups excluding carboxylic acids is 2. The minimum absolute atomic E-state index is 0.275. The monoisotopic (exact) mass is 361 g/mol. The van der Waals surface area contributed by atoms with E-state index >= 15 is 0 Å². The van der Waals surface area contributed by atoms with Crippen molar-refractivity contribution in [2.45, 2.75) is 12.3 Å². The van der Waals surface area contributed by atoms with Gasteiger partial charge in [-0.2, -0.15) is 0 Å². The third-order valence-electron chi connectivity index (χ3n) is 5.06. The fraction of sp³-hybridized carbons (Fsp3) is 0.182. The first-order chi connectivity index (χ1) is 13.2. The highest BCUT2D eigenvalue weighted by Gasteiger charge is 2.38. The van der Waals surface area contributed by atoms with E-state index < -0.39 is 11.9 Å². The van der Waals surface area contributed by atoms with Crippen molar-refractivity contribution in [2.75, 3.05) is 14.2 Å². The van der Waals surface area contributed by atoms with Gasteiger partial charge in [0.25, 0.3) is 0 Å². The summed E-state index contributed by atoms with van der Waals surface area (Å²) in [4.78, 5) is 28.9. The quantitative estimate of drug-likeness (QED) is 0.724. The van der Waals surface area contributed by atoms with E-state index in [1.165, 1.54) is 14.2 Å². The maximum Gasteiger partial charge on any atom is 0.339 e. The van der Waals surface area contributed by atoms with Crippen LogP contribution in [0.4, 0.5) is 0 Å². The first-order valence-corrected chi connectivity index (χ1v) is 8.71. The van der Waals surface area contributed by atoms with E-state index in [4.69, 9.17) is 9.47 Å². The van der Waals surface area contributed by atoms with Crippen LogP contribution in [-0.2, 0) is 25.5 Å². The van der Waals surface area contributed by atoms with Crippen LogP contribution in [0, 0.1) is 0 Å². The number of methoxy groups -OCH3 is 2. The molecule has 5 heteroatoms. The second-order valence-electron chi connectivity index (χ2n) is 6.46. The molecule has 5 nitrogen and oxygen atoms in total. The lowest BCUT2D eigenvalue weighted by Gasteiger charge is -2.27. The average molecular weight is 361 g/mol. The molecular weight excluding hydrogens is 342 g/mol. The summed E-state index contributed by atoms with van der Waals surface area (Å²) in [6.07, 6.45) is 0.568. The maximum absolute atomic E-state index is 12.8. The molecule has 3 aromatic rings. The molecule has 0 aliphatic heterocycles. The molecule has 1 aromatic heterocycles. The Labute approximate surface area is 156 Å². The Morgan fingerprint density at radius 3 is 2.30 bits per heavy atom. The van der Waals surface area contributed by atoms with Crippen LogP contribution in [0.3, 0.4) is 0 Å². The number of H-pyrrole nitrogens is 1. The molecule has 1 atom stereocenters. The SMILES string of the molecule is COC(=O)C1=C(C(=O)OC)C(c2ccccc2)Cc2[nH]c3ccccc3c21. The molecule has 0 saturated heterocycles. The zero-order chi connectivity index (χ0) is 19.0. The summed E-state index contributed by atoms with van der Waals surface area (Å²) in [6, 6.07) is 17.4. The van der Waals surface area contributed by atoms with E-state index in [0.29, 0.717) is 12.0 Å². The Morgan fingerprint density at radius 1 is 0.926 bits per heavy atom. The van der Waals surface area contributed by atoms with E-state index in [1.54, 1.807) is 0 Å². The zero-order valence-electron chi connectivity index (χ0n) is 15.1. The second kappa shape index (κ2) is 6.76. The zero-order valence-corrected chi connectivity index (χ0v) is 15.1. The molecule has 1 heterocycles. The number of hydrogen-bond acceptors (Lipinski definition) is 4. The highest BCUT2D eigenvalue weighted by atomic mass is 16.5. The number of hydrogen-bond donors (Lipinski definition) is 1. The van der Waals surface area contributed by atoms with Gasteiger partial charge in [-0.25, -0.2) is 9.59 Å². The van der Waals surface area contributed by atoms with Gasteiger partial charge in [0.05, 0.1) is 25.4 Å². The lowest BCUT2D eigenvalue weighted by atomic mass is 9.77. The average Bonchev–Trinajstić information content (AvgIpc) is 3.10. The standard InChI is InChI=1S/C22H19NO4/c1-26-21(24)19-15(13-8-4-3-5-9-13)12-17-18(20(19)22(25)27-2)14-10-6-7-11-16(14)23-17/h3-11,15,23H,12H2,1-2H3. The van der Waals surface area contributed by atoms with Gasteiger partial charge in [-0.05, 0) is 18.1 Å². The lowest BCUT2D eigenvalue weighted by Crippen LogP contribution is -2.25. The Kier molecular flexibility index (Phi) is 4.28. The van der Waals surface area contributed by atoms with Crippen molar-refractivity contribution in [3.8, 4) is 0 Å². The molecule has 0 amide bonds. The summed E-state index contributed by atoms with van der Waals surface area (Å²) >= 11 is 0. The van der Waals surface area contributed by atoms with Gasteiger partial charge in [0.2, 0.25) is 0 Å². The topological polar surface area (TPSA) is 68.4 Å². The van der Waals surface area contributed by atoms with Gasteiger partial charge in [-0.1, -0.05) is 48.5 Å². The first-order valence-electron chi connectivity index (χ1n) is 8.71. The van der Waals surface area contributed by atoms with Crippen molar-refractivity contribution in [1.82, 2.24) is 4.98 Å². The number of rotatable bonds is 3. The smallest absolute Gasteiger partial charge is 0.339 e. The highest BCUT2D eigenvalue weighted by Crippen LogP contribution is 2.44. The summed E-state index contributed by atoms with van der Waals surface area (Å²) in [5.41, 5.74) is 4.12. The largest absolute Gasteiger partial charge is 0.466 e. The molecule has 1 aliphatic carbocycles. The van der Waals surface area contributed by atoms with Gasteiger partial charge in [0.1, 0.15) is 0 Å². The van der Waals surface area contributed by atoms with E-state index in [1.807, 2.05) is 54.6 Å². The van der Waals surface area contributed by atoms with Crippen molar-refractivity contribution in [3.05, 3.63) is 77.0 Å². The van der Waals surface area contributed by atoms with Crippen LogP contribution >= 0.6 is 0 Å². The predicted octanol–water partition coefficient (Wildman–Crippen LogP) is 3.61. The van der Waals surface area contributed by atoms with E-state index in [9.17, 15) is 9.59 Å². The Hall–Kier alpha value is -3.34. The summed E-state index contributed by atoms with van der Waals surface area (Å²) in [5, 5.41) is 0.890. The Morgan fingerprint density at radius 2 is 1.59 bits per heavy atom. The van der Waals surface area contributed by atoms with Gasteiger partial charge in [0, 0.05) is 28.1 Å². The van der Waals surface area contributed by atoms with Crippen LogP contribution in [0.5, 0.6) is 0 Å². The number of aromatic nitrogens is 1. The van der Waals surface area contributed by atoms with E-state index in [2.05, 4.69) is 4.98 Å². The number of aromatic amines is 1. The molecule has 4 rings (SSSR count). The van der Waals surface area contributed by atoms with Crippen LogP contribution in [0.15, 0.2) is 60.2 Å². The highest BCUT2D eigenvalue weighted by molar-refractivity contribution is 6.27. The van der Waals surface area contributed by atoms with Crippen LogP contribution in [0.25, 0.3) is 16.5 Å². The number of nitrogens with one attached hydrogen (secondary N) is 1. The lowest BCUT2D eigenvalue weighted by molar-refractivity contribution is -0.138. The molecule has 136 valence electrons. The molecule has 0 bridgehead atoms. The number of benzene rings is 2. The minimum Gasteiger partial charge on any atom is -0.466 e. The van der Waals surface area contributed by atoms with Crippen LogP contribution in [-0.4, -0.2) is 31.1 Å². The van der Waals surface area contributed by atoms with Gasteiger partial charge in [0.15, 0.2) is 0 Å². The van der Waals surface area contributed by atoms with E-state index in [0.717, 1.165) is 27.7 Å². The Bertz CT molecular complexity index is 1060. The molecule has 0 radical (unpaired) electrons. The molecule has 27 heavy (non-hydrogen) atoms. The molecule has 1 aliphatic rings. The van der Waals surface area contributed by atoms with E-state index in [-0.39, 0.29) is 11.5 Å². The molecule has 1 unspecified atom stereocenters. The van der Waals surface area contributed by atoms with Crippen molar-refractivity contribution >= 4 is 28.4 Å². The number of para-hydroxylation sites is 1.